The highest BCUT2D eigenvalue weighted by atomic mass is 19.1. The average molecular weight is 533 g/mol. The highest BCUT2D eigenvalue weighted by molar-refractivity contribution is 5.81. The molecule has 2 fully saturated rings. The molecule has 3 aliphatic rings. The van der Waals surface area contributed by atoms with Crippen LogP contribution < -0.4 is 10.2 Å². The Morgan fingerprint density at radius 1 is 1.08 bits per heavy atom. The van der Waals surface area contributed by atoms with Gasteiger partial charge in [-0.05, 0) is 56.9 Å². The number of hydrogen-bond donors (Lipinski definition) is 1. The standard InChI is InChI=1S/C22H31FN4O4.C7H14/c1-15(13-27-19-6-5-18(23)11-17(19)12-22(27,3)4)24-21(30)31-14-20(29)26-9-7-25(8-10-26)16(2)28;1-7-5-3-2-4-6-7/h5-6,11,15H,7-10,12-14H2,1-4H3,(H,24,30);7H,2-6H2,1H3. The van der Waals surface area contributed by atoms with E-state index in [1.54, 1.807) is 21.9 Å². The first-order chi connectivity index (χ1) is 18.0. The molecule has 38 heavy (non-hydrogen) atoms. The largest absolute Gasteiger partial charge is 0.439 e. The van der Waals surface area contributed by atoms with E-state index in [4.69, 9.17) is 4.74 Å². The van der Waals surface area contributed by atoms with Crippen LogP contribution in [0.2, 0.25) is 0 Å². The molecule has 1 aromatic rings. The van der Waals surface area contributed by atoms with Crippen LogP contribution in [0.3, 0.4) is 0 Å². The molecule has 212 valence electrons. The van der Waals surface area contributed by atoms with Crippen molar-refractivity contribution in [1.29, 1.82) is 0 Å². The fraction of sp³-hybridized carbons (Fsp3) is 0.690. The van der Waals surface area contributed by atoms with Gasteiger partial charge in [0, 0.05) is 56.9 Å². The van der Waals surface area contributed by atoms with Gasteiger partial charge < -0.3 is 24.8 Å². The van der Waals surface area contributed by atoms with Crippen LogP contribution in [-0.2, 0) is 20.7 Å². The van der Waals surface area contributed by atoms with E-state index < -0.39 is 6.09 Å². The van der Waals surface area contributed by atoms with Crippen molar-refractivity contribution in [2.45, 2.75) is 84.7 Å². The third kappa shape index (κ3) is 8.33. The summed E-state index contributed by atoms with van der Waals surface area (Å²) in [6, 6.07) is 4.54. The summed E-state index contributed by atoms with van der Waals surface area (Å²) in [5, 5.41) is 2.77. The van der Waals surface area contributed by atoms with Gasteiger partial charge in [0.2, 0.25) is 5.91 Å². The van der Waals surface area contributed by atoms with E-state index in [1.165, 1.54) is 45.1 Å². The number of anilines is 1. The van der Waals surface area contributed by atoms with Gasteiger partial charge in [0.15, 0.2) is 6.61 Å². The summed E-state index contributed by atoms with van der Waals surface area (Å²) in [4.78, 5) is 41.3. The number of carbonyl (C=O) groups is 3. The Kier molecular flexibility index (Phi) is 10.4. The van der Waals surface area contributed by atoms with Gasteiger partial charge >= 0.3 is 6.09 Å². The zero-order valence-electron chi connectivity index (χ0n) is 23.7. The number of benzene rings is 1. The van der Waals surface area contributed by atoms with Crippen molar-refractivity contribution in [1.82, 2.24) is 15.1 Å². The summed E-state index contributed by atoms with van der Waals surface area (Å²) < 4.78 is 18.7. The zero-order valence-corrected chi connectivity index (χ0v) is 23.7. The number of rotatable bonds is 5. The zero-order chi connectivity index (χ0) is 27.9. The fourth-order valence-corrected chi connectivity index (χ4v) is 5.55. The van der Waals surface area contributed by atoms with E-state index in [0.717, 1.165) is 23.6 Å². The van der Waals surface area contributed by atoms with Crippen LogP contribution >= 0.6 is 0 Å². The summed E-state index contributed by atoms with van der Waals surface area (Å²) in [7, 11) is 0. The normalized spacial score (nSPS) is 19.7. The minimum Gasteiger partial charge on any atom is -0.439 e. The van der Waals surface area contributed by atoms with Crippen molar-refractivity contribution in [3.8, 4) is 0 Å². The number of nitrogens with one attached hydrogen (secondary N) is 1. The number of hydrogen-bond acceptors (Lipinski definition) is 5. The second-order valence-corrected chi connectivity index (χ2v) is 11.6. The number of alkyl carbamates (subject to hydrolysis) is 1. The van der Waals surface area contributed by atoms with E-state index in [9.17, 15) is 18.8 Å². The van der Waals surface area contributed by atoms with Crippen LogP contribution in [0, 0.1) is 11.7 Å². The Hall–Kier alpha value is -2.84. The van der Waals surface area contributed by atoms with Crippen LogP contribution in [-0.4, -0.2) is 78.6 Å². The number of fused-ring (bicyclic) bond motifs is 1. The maximum Gasteiger partial charge on any atom is 0.407 e. The first kappa shape index (κ1) is 29.7. The maximum atomic E-state index is 13.6. The van der Waals surface area contributed by atoms with Crippen molar-refractivity contribution in [2.24, 2.45) is 5.92 Å². The van der Waals surface area contributed by atoms with Gasteiger partial charge in [-0.3, -0.25) is 9.59 Å². The Labute approximate surface area is 226 Å². The van der Waals surface area contributed by atoms with Crippen molar-refractivity contribution in [2.75, 3.05) is 44.2 Å². The van der Waals surface area contributed by atoms with Gasteiger partial charge in [-0.15, -0.1) is 0 Å². The number of halogens is 1. The van der Waals surface area contributed by atoms with Gasteiger partial charge in [-0.2, -0.15) is 0 Å². The minimum atomic E-state index is -0.653. The lowest BCUT2D eigenvalue weighted by Crippen LogP contribution is -2.51. The summed E-state index contributed by atoms with van der Waals surface area (Å²) in [6.45, 7) is 11.9. The monoisotopic (exact) mass is 532 g/mol. The molecule has 1 unspecified atom stereocenters. The molecule has 9 heteroatoms. The number of nitrogens with zero attached hydrogens (tertiary/aromatic N) is 3. The molecule has 0 aromatic heterocycles. The van der Waals surface area contributed by atoms with Gasteiger partial charge in [0.25, 0.3) is 5.91 Å². The van der Waals surface area contributed by atoms with Gasteiger partial charge in [-0.25, -0.2) is 9.18 Å². The lowest BCUT2D eigenvalue weighted by atomic mass is 9.91. The quantitative estimate of drug-likeness (QED) is 0.610. The van der Waals surface area contributed by atoms with Crippen LogP contribution in [0.25, 0.3) is 0 Å². The molecule has 0 bridgehead atoms. The van der Waals surface area contributed by atoms with Crippen LogP contribution in [0.4, 0.5) is 14.9 Å². The molecule has 1 aromatic carbocycles. The van der Waals surface area contributed by atoms with E-state index in [1.807, 2.05) is 6.92 Å². The highest BCUT2D eigenvalue weighted by Crippen LogP contribution is 2.38. The minimum absolute atomic E-state index is 0.00866. The number of amides is 3. The fourth-order valence-electron chi connectivity index (χ4n) is 5.55. The first-order valence-corrected chi connectivity index (χ1v) is 14.0. The Morgan fingerprint density at radius 3 is 2.29 bits per heavy atom. The molecular formula is C29H45FN4O4. The third-order valence-electron chi connectivity index (χ3n) is 7.81. The summed E-state index contributed by atoms with van der Waals surface area (Å²) in [5.74, 6) is 0.501. The van der Waals surface area contributed by atoms with Crippen LogP contribution in [0.1, 0.15) is 72.3 Å². The smallest absolute Gasteiger partial charge is 0.407 e. The molecule has 4 rings (SSSR count). The van der Waals surface area contributed by atoms with Crippen molar-refractivity contribution in [3.63, 3.8) is 0 Å². The molecule has 1 saturated carbocycles. The Morgan fingerprint density at radius 2 is 1.71 bits per heavy atom. The van der Waals surface area contributed by atoms with E-state index >= 15 is 0 Å². The number of ether oxygens (including phenoxy) is 1. The molecule has 1 N–H and O–H groups in total. The average Bonchev–Trinajstić information content (AvgIpc) is 3.11. The molecule has 0 spiro atoms. The lowest BCUT2D eigenvalue weighted by molar-refractivity contribution is -0.140. The second kappa shape index (κ2) is 13.3. The maximum absolute atomic E-state index is 13.6. The lowest BCUT2D eigenvalue weighted by Gasteiger charge is -2.36. The molecule has 0 radical (unpaired) electrons. The SMILES string of the molecule is CC(=O)N1CCN(C(=O)COC(=O)NC(C)CN2c3ccc(F)cc3CC2(C)C)CC1.CC1CCCCC1. The summed E-state index contributed by atoms with van der Waals surface area (Å²) >= 11 is 0. The second-order valence-electron chi connectivity index (χ2n) is 11.6. The number of piperazine rings is 1. The molecule has 2 heterocycles. The Balaban J connectivity index is 0.000000494. The van der Waals surface area contributed by atoms with E-state index in [2.05, 4.69) is 31.0 Å². The summed E-state index contributed by atoms with van der Waals surface area (Å²) in [6.07, 6.45) is 7.51. The van der Waals surface area contributed by atoms with Crippen molar-refractivity contribution in [3.05, 3.63) is 29.6 Å². The van der Waals surface area contributed by atoms with Crippen molar-refractivity contribution < 1.29 is 23.5 Å². The molecule has 1 aliphatic carbocycles. The molecule has 1 atom stereocenters. The molecule has 2 aliphatic heterocycles. The van der Waals surface area contributed by atoms with Gasteiger partial charge in [-0.1, -0.05) is 39.0 Å². The first-order valence-electron chi connectivity index (χ1n) is 14.0. The molecule has 8 nitrogen and oxygen atoms in total. The van der Waals surface area contributed by atoms with Crippen LogP contribution in [0.5, 0.6) is 0 Å². The molecule has 1 saturated heterocycles. The van der Waals surface area contributed by atoms with E-state index in [0.29, 0.717) is 32.7 Å². The highest BCUT2D eigenvalue weighted by Gasteiger charge is 2.36. The topological polar surface area (TPSA) is 82.2 Å². The summed E-state index contributed by atoms with van der Waals surface area (Å²) in [5.41, 5.74) is 1.72. The van der Waals surface area contributed by atoms with Gasteiger partial charge in [0.1, 0.15) is 5.82 Å². The Bertz CT molecular complexity index is 971. The predicted octanol–water partition coefficient (Wildman–Crippen LogP) is 4.36. The number of carbonyl (C=O) groups excluding carboxylic acids is 3. The van der Waals surface area contributed by atoms with Crippen molar-refractivity contribution >= 4 is 23.6 Å². The van der Waals surface area contributed by atoms with Crippen LogP contribution in [0.15, 0.2) is 18.2 Å². The van der Waals surface area contributed by atoms with E-state index in [-0.39, 0.29) is 35.8 Å². The predicted molar refractivity (Wildman–Crippen MR) is 147 cm³/mol. The van der Waals surface area contributed by atoms with Gasteiger partial charge in [0.05, 0.1) is 0 Å². The molecular weight excluding hydrogens is 487 g/mol. The third-order valence-corrected chi connectivity index (χ3v) is 7.81. The molecule has 3 amide bonds.